The lowest BCUT2D eigenvalue weighted by molar-refractivity contribution is 0.559. The van der Waals surface area contributed by atoms with E-state index in [-0.39, 0.29) is 6.04 Å². The van der Waals surface area contributed by atoms with Gasteiger partial charge in [0.05, 0.1) is 17.9 Å². The van der Waals surface area contributed by atoms with Gasteiger partial charge in [0.25, 0.3) is 0 Å². The predicted octanol–water partition coefficient (Wildman–Crippen LogP) is 2.44. The summed E-state index contributed by atoms with van der Waals surface area (Å²) in [4.78, 5) is 8.65. The van der Waals surface area contributed by atoms with E-state index in [2.05, 4.69) is 27.3 Å². The van der Waals surface area contributed by atoms with Crippen molar-refractivity contribution in [2.24, 2.45) is 0 Å². The van der Waals surface area contributed by atoms with Crippen LogP contribution in [0, 0.1) is 13.8 Å². The molecule has 0 aliphatic rings. The van der Waals surface area contributed by atoms with Crippen molar-refractivity contribution in [3.05, 3.63) is 35.0 Å². The maximum atomic E-state index is 6.07. The standard InChI is InChI=1S/C12H16ClN5/c1-8(7-18-6-4-5-14-18)15-12-11(13)16-9(2)10(3)17-12/h4-6,8H,7H2,1-3H3,(H,15,17). The Bertz CT molecular complexity index is 524. The van der Waals surface area contributed by atoms with Crippen LogP contribution in [-0.4, -0.2) is 25.8 Å². The van der Waals surface area contributed by atoms with E-state index < -0.39 is 0 Å². The van der Waals surface area contributed by atoms with Gasteiger partial charge in [0.2, 0.25) is 0 Å². The number of aryl methyl sites for hydroxylation is 2. The lowest BCUT2D eigenvalue weighted by Gasteiger charge is -2.16. The van der Waals surface area contributed by atoms with Gasteiger partial charge in [0.15, 0.2) is 11.0 Å². The first-order valence-electron chi connectivity index (χ1n) is 5.81. The highest BCUT2D eigenvalue weighted by Crippen LogP contribution is 2.19. The summed E-state index contributed by atoms with van der Waals surface area (Å²) in [5.41, 5.74) is 1.73. The first-order chi connectivity index (χ1) is 8.56. The molecule has 0 radical (unpaired) electrons. The van der Waals surface area contributed by atoms with Crippen molar-refractivity contribution >= 4 is 17.4 Å². The lowest BCUT2D eigenvalue weighted by Crippen LogP contribution is -2.23. The molecule has 1 atom stereocenters. The Morgan fingerprint density at radius 3 is 2.72 bits per heavy atom. The Hall–Kier alpha value is -1.62. The van der Waals surface area contributed by atoms with Gasteiger partial charge < -0.3 is 5.32 Å². The zero-order valence-electron chi connectivity index (χ0n) is 10.7. The number of anilines is 1. The highest BCUT2D eigenvalue weighted by Gasteiger charge is 2.10. The summed E-state index contributed by atoms with van der Waals surface area (Å²) >= 11 is 6.07. The van der Waals surface area contributed by atoms with E-state index in [0.29, 0.717) is 11.0 Å². The van der Waals surface area contributed by atoms with Crippen LogP contribution in [0.2, 0.25) is 5.15 Å². The first-order valence-corrected chi connectivity index (χ1v) is 6.18. The second-order valence-corrected chi connectivity index (χ2v) is 4.67. The molecule has 0 fully saturated rings. The zero-order chi connectivity index (χ0) is 13.1. The van der Waals surface area contributed by atoms with E-state index in [9.17, 15) is 0 Å². The van der Waals surface area contributed by atoms with Crippen LogP contribution in [0.5, 0.6) is 0 Å². The Morgan fingerprint density at radius 2 is 2.06 bits per heavy atom. The second kappa shape index (κ2) is 5.35. The van der Waals surface area contributed by atoms with Gasteiger partial charge >= 0.3 is 0 Å². The minimum absolute atomic E-state index is 0.166. The quantitative estimate of drug-likeness (QED) is 0.923. The summed E-state index contributed by atoms with van der Waals surface area (Å²) in [6.45, 7) is 6.61. The molecule has 2 aromatic heterocycles. The molecule has 2 rings (SSSR count). The maximum Gasteiger partial charge on any atom is 0.171 e. The average molecular weight is 266 g/mol. The third-order valence-corrected chi connectivity index (χ3v) is 2.93. The van der Waals surface area contributed by atoms with Gasteiger partial charge in [-0.05, 0) is 26.8 Å². The van der Waals surface area contributed by atoms with E-state index in [1.165, 1.54) is 0 Å². The van der Waals surface area contributed by atoms with Crippen LogP contribution in [-0.2, 0) is 6.54 Å². The molecule has 1 unspecified atom stereocenters. The highest BCUT2D eigenvalue weighted by molar-refractivity contribution is 6.31. The molecule has 0 aliphatic heterocycles. The summed E-state index contributed by atoms with van der Waals surface area (Å²) in [6, 6.07) is 2.06. The number of nitrogens with zero attached hydrogens (tertiary/aromatic N) is 4. The molecule has 18 heavy (non-hydrogen) atoms. The van der Waals surface area contributed by atoms with Gasteiger partial charge in [0, 0.05) is 18.4 Å². The van der Waals surface area contributed by atoms with Crippen molar-refractivity contribution in [1.82, 2.24) is 19.7 Å². The van der Waals surface area contributed by atoms with Gasteiger partial charge in [-0.25, -0.2) is 9.97 Å². The summed E-state index contributed by atoms with van der Waals surface area (Å²) in [7, 11) is 0. The maximum absolute atomic E-state index is 6.07. The van der Waals surface area contributed by atoms with Crippen molar-refractivity contribution in [3.8, 4) is 0 Å². The van der Waals surface area contributed by atoms with Crippen molar-refractivity contribution in [1.29, 1.82) is 0 Å². The van der Waals surface area contributed by atoms with Crippen LogP contribution in [0.25, 0.3) is 0 Å². The molecule has 96 valence electrons. The molecule has 5 nitrogen and oxygen atoms in total. The number of hydrogen-bond donors (Lipinski definition) is 1. The largest absolute Gasteiger partial charge is 0.363 e. The van der Waals surface area contributed by atoms with Gasteiger partial charge in [-0.15, -0.1) is 0 Å². The van der Waals surface area contributed by atoms with E-state index in [1.807, 2.05) is 30.8 Å². The van der Waals surface area contributed by atoms with Crippen LogP contribution in [0.15, 0.2) is 18.5 Å². The molecule has 0 amide bonds. The molecule has 0 saturated carbocycles. The van der Waals surface area contributed by atoms with E-state index >= 15 is 0 Å². The van der Waals surface area contributed by atoms with Crippen LogP contribution < -0.4 is 5.32 Å². The monoisotopic (exact) mass is 265 g/mol. The van der Waals surface area contributed by atoms with E-state index in [1.54, 1.807) is 6.20 Å². The third kappa shape index (κ3) is 2.98. The summed E-state index contributed by atoms with van der Waals surface area (Å²) in [5, 5.41) is 7.82. The summed E-state index contributed by atoms with van der Waals surface area (Å²) < 4.78 is 1.86. The molecular weight excluding hydrogens is 250 g/mol. The Labute approximate surface area is 111 Å². The summed E-state index contributed by atoms with van der Waals surface area (Å²) in [6.07, 6.45) is 3.68. The minimum atomic E-state index is 0.166. The molecule has 0 aromatic carbocycles. The summed E-state index contributed by atoms with van der Waals surface area (Å²) in [5.74, 6) is 0.624. The predicted molar refractivity (Wildman–Crippen MR) is 71.8 cm³/mol. The zero-order valence-corrected chi connectivity index (χ0v) is 11.4. The van der Waals surface area contributed by atoms with Gasteiger partial charge in [-0.1, -0.05) is 11.6 Å². The fourth-order valence-corrected chi connectivity index (χ4v) is 1.86. The van der Waals surface area contributed by atoms with Crippen molar-refractivity contribution in [2.45, 2.75) is 33.4 Å². The second-order valence-electron chi connectivity index (χ2n) is 4.31. The van der Waals surface area contributed by atoms with Gasteiger partial charge in [-0.2, -0.15) is 5.10 Å². The lowest BCUT2D eigenvalue weighted by atomic mass is 10.3. The highest BCUT2D eigenvalue weighted by atomic mass is 35.5. The van der Waals surface area contributed by atoms with Crippen LogP contribution in [0.4, 0.5) is 5.82 Å². The SMILES string of the molecule is Cc1nc(Cl)c(NC(C)Cn2cccn2)nc1C. The topological polar surface area (TPSA) is 55.6 Å². The molecule has 1 N–H and O–H groups in total. The normalized spacial score (nSPS) is 12.4. The van der Waals surface area contributed by atoms with Crippen LogP contribution in [0.3, 0.4) is 0 Å². The molecular formula is C12H16ClN5. The molecule has 0 aliphatic carbocycles. The minimum Gasteiger partial charge on any atom is -0.363 e. The van der Waals surface area contributed by atoms with Crippen molar-refractivity contribution < 1.29 is 0 Å². The van der Waals surface area contributed by atoms with E-state index in [0.717, 1.165) is 17.9 Å². The average Bonchev–Trinajstić information content (AvgIpc) is 2.78. The molecule has 6 heteroatoms. The fourth-order valence-electron chi connectivity index (χ4n) is 1.64. The van der Waals surface area contributed by atoms with E-state index in [4.69, 9.17) is 11.6 Å². The number of hydrogen-bond acceptors (Lipinski definition) is 4. The Morgan fingerprint density at radius 1 is 1.33 bits per heavy atom. The molecule has 0 saturated heterocycles. The smallest absolute Gasteiger partial charge is 0.171 e. The van der Waals surface area contributed by atoms with Crippen molar-refractivity contribution in [2.75, 3.05) is 5.32 Å². The number of rotatable bonds is 4. The van der Waals surface area contributed by atoms with Crippen molar-refractivity contribution in [3.63, 3.8) is 0 Å². The Balaban J connectivity index is 2.07. The van der Waals surface area contributed by atoms with Crippen LogP contribution in [0.1, 0.15) is 18.3 Å². The van der Waals surface area contributed by atoms with Gasteiger partial charge in [0.1, 0.15) is 0 Å². The molecule has 2 heterocycles. The number of nitrogens with one attached hydrogen (secondary N) is 1. The Kier molecular flexibility index (Phi) is 3.81. The number of halogens is 1. The van der Waals surface area contributed by atoms with Gasteiger partial charge in [-0.3, -0.25) is 4.68 Å². The molecule has 0 spiro atoms. The molecule has 0 bridgehead atoms. The van der Waals surface area contributed by atoms with Crippen LogP contribution >= 0.6 is 11.6 Å². The first kappa shape index (κ1) is 12.8. The number of aromatic nitrogens is 4. The third-order valence-electron chi connectivity index (χ3n) is 2.67. The molecule has 2 aromatic rings. The fraction of sp³-hybridized carbons (Fsp3) is 0.417.